The molecule has 3 heterocycles. The quantitative estimate of drug-likeness (QED) is 0.533. The fourth-order valence-electron chi connectivity index (χ4n) is 2.89. The summed E-state index contributed by atoms with van der Waals surface area (Å²) in [6, 6.07) is 15.1. The summed E-state index contributed by atoms with van der Waals surface area (Å²) >= 11 is 1.27. The lowest BCUT2D eigenvalue weighted by Crippen LogP contribution is -2.23. The Kier molecular flexibility index (Phi) is 3.64. The summed E-state index contributed by atoms with van der Waals surface area (Å²) in [4.78, 5) is 13.3. The van der Waals surface area contributed by atoms with Crippen molar-refractivity contribution in [2.75, 3.05) is 6.61 Å². The van der Waals surface area contributed by atoms with E-state index in [9.17, 15) is 4.79 Å². The molecule has 0 amide bonds. The fourth-order valence-corrected chi connectivity index (χ4v) is 3.74. The van der Waals surface area contributed by atoms with Gasteiger partial charge in [-0.3, -0.25) is 4.79 Å². The van der Waals surface area contributed by atoms with Gasteiger partial charge in [-0.1, -0.05) is 53.3 Å². The molecule has 8 heteroatoms. The van der Waals surface area contributed by atoms with E-state index in [0.717, 1.165) is 5.56 Å². The van der Waals surface area contributed by atoms with Crippen LogP contribution in [0.25, 0.3) is 16.2 Å². The number of benzene rings is 2. The zero-order valence-corrected chi connectivity index (χ0v) is 15.1. The Labute approximate surface area is 157 Å². The minimum atomic E-state index is -0.395. The molecule has 5 rings (SSSR count). The average Bonchev–Trinajstić information content (AvgIpc) is 3.14. The van der Waals surface area contributed by atoms with Crippen molar-refractivity contribution in [3.8, 4) is 22.8 Å². The first-order valence-electron chi connectivity index (χ1n) is 8.41. The molecule has 0 fully saturated rings. The van der Waals surface area contributed by atoms with Crippen molar-refractivity contribution >= 4 is 16.3 Å². The number of rotatable bonds is 2. The summed E-state index contributed by atoms with van der Waals surface area (Å²) in [6.45, 7) is 2.31. The van der Waals surface area contributed by atoms with E-state index in [1.54, 1.807) is 0 Å². The molecule has 1 atom stereocenters. The standard InChI is InChI=1S/C19H14N4O3S/c1-11-6-8-12(9-7-11)16-18(24)23-19(21-20-16)27-17(22-23)15-10-25-13-4-2-3-5-14(13)26-15/h2-9,15H,10H2,1H3/t15-/m1/s1. The minimum Gasteiger partial charge on any atom is -0.485 e. The third-order valence-electron chi connectivity index (χ3n) is 4.32. The highest BCUT2D eigenvalue weighted by atomic mass is 32.1. The van der Waals surface area contributed by atoms with E-state index in [4.69, 9.17) is 9.47 Å². The van der Waals surface area contributed by atoms with Gasteiger partial charge in [-0.15, -0.1) is 10.2 Å². The number of para-hydroxylation sites is 2. The lowest BCUT2D eigenvalue weighted by Gasteiger charge is -2.24. The van der Waals surface area contributed by atoms with Crippen LogP contribution in [0.4, 0.5) is 0 Å². The molecule has 1 aliphatic heterocycles. The van der Waals surface area contributed by atoms with Gasteiger partial charge in [0.25, 0.3) is 0 Å². The van der Waals surface area contributed by atoms with Gasteiger partial charge in [-0.2, -0.15) is 9.61 Å². The lowest BCUT2D eigenvalue weighted by molar-refractivity contribution is 0.0904. The maximum Gasteiger partial charge on any atom is 0.302 e. The van der Waals surface area contributed by atoms with E-state index in [-0.39, 0.29) is 11.3 Å². The van der Waals surface area contributed by atoms with Crippen LogP contribution >= 0.6 is 11.3 Å². The van der Waals surface area contributed by atoms with Crippen LogP contribution in [0.3, 0.4) is 0 Å². The Morgan fingerprint density at radius 2 is 1.85 bits per heavy atom. The number of fused-ring (bicyclic) bond motifs is 2. The predicted molar refractivity (Wildman–Crippen MR) is 100 cm³/mol. The minimum absolute atomic E-state index is 0.274. The van der Waals surface area contributed by atoms with Crippen molar-refractivity contribution in [2.24, 2.45) is 0 Å². The van der Waals surface area contributed by atoms with Crippen LogP contribution in [0.5, 0.6) is 11.5 Å². The van der Waals surface area contributed by atoms with Crippen molar-refractivity contribution in [3.05, 3.63) is 69.5 Å². The molecule has 134 valence electrons. The zero-order valence-electron chi connectivity index (χ0n) is 14.3. The molecule has 0 radical (unpaired) electrons. The van der Waals surface area contributed by atoms with Crippen LogP contribution in [-0.2, 0) is 0 Å². The molecule has 0 saturated carbocycles. The second-order valence-electron chi connectivity index (χ2n) is 6.22. The number of ether oxygens (including phenoxy) is 2. The monoisotopic (exact) mass is 378 g/mol. The molecule has 1 aliphatic rings. The number of hydrogen-bond acceptors (Lipinski definition) is 7. The molecule has 27 heavy (non-hydrogen) atoms. The van der Waals surface area contributed by atoms with E-state index in [1.165, 1.54) is 15.9 Å². The summed E-state index contributed by atoms with van der Waals surface area (Å²) in [5.41, 5.74) is 1.80. The van der Waals surface area contributed by atoms with Crippen molar-refractivity contribution in [3.63, 3.8) is 0 Å². The fraction of sp³-hybridized carbons (Fsp3) is 0.158. The van der Waals surface area contributed by atoms with E-state index in [2.05, 4.69) is 15.3 Å². The van der Waals surface area contributed by atoms with Crippen LogP contribution in [-0.4, -0.2) is 26.4 Å². The topological polar surface area (TPSA) is 78.6 Å². The first kappa shape index (κ1) is 16.0. The summed E-state index contributed by atoms with van der Waals surface area (Å²) in [5.74, 6) is 1.36. The Bertz CT molecular complexity index is 1200. The van der Waals surface area contributed by atoms with Crippen molar-refractivity contribution in [1.82, 2.24) is 19.8 Å². The van der Waals surface area contributed by atoms with Gasteiger partial charge in [0.15, 0.2) is 28.3 Å². The van der Waals surface area contributed by atoms with Crippen molar-refractivity contribution < 1.29 is 9.47 Å². The highest BCUT2D eigenvalue weighted by molar-refractivity contribution is 7.16. The molecule has 0 aliphatic carbocycles. The molecule has 4 aromatic rings. The van der Waals surface area contributed by atoms with Crippen LogP contribution in [0.15, 0.2) is 53.3 Å². The Hall–Kier alpha value is -3.26. The predicted octanol–water partition coefficient (Wildman–Crippen LogP) is 3.03. The van der Waals surface area contributed by atoms with Gasteiger partial charge in [-0.25, -0.2) is 0 Å². The second-order valence-corrected chi connectivity index (χ2v) is 7.21. The van der Waals surface area contributed by atoms with Crippen LogP contribution in [0.2, 0.25) is 0 Å². The third-order valence-corrected chi connectivity index (χ3v) is 5.31. The van der Waals surface area contributed by atoms with Crippen molar-refractivity contribution in [1.29, 1.82) is 0 Å². The first-order valence-corrected chi connectivity index (χ1v) is 9.23. The number of aryl methyl sites for hydroxylation is 1. The molecular formula is C19H14N4O3S. The highest BCUT2D eigenvalue weighted by Gasteiger charge is 2.26. The zero-order chi connectivity index (χ0) is 18.4. The van der Waals surface area contributed by atoms with E-state index < -0.39 is 6.10 Å². The third kappa shape index (κ3) is 2.74. The number of nitrogens with zero attached hydrogens (tertiary/aromatic N) is 4. The summed E-state index contributed by atoms with van der Waals surface area (Å²) in [6.07, 6.45) is -0.395. The maximum absolute atomic E-state index is 12.8. The molecule has 0 unspecified atom stereocenters. The molecule has 2 aromatic carbocycles. The highest BCUT2D eigenvalue weighted by Crippen LogP contribution is 2.36. The van der Waals surface area contributed by atoms with Gasteiger partial charge in [0.2, 0.25) is 4.96 Å². The van der Waals surface area contributed by atoms with Gasteiger partial charge < -0.3 is 9.47 Å². The summed E-state index contributed by atoms with van der Waals surface area (Å²) in [7, 11) is 0. The molecule has 0 N–H and O–H groups in total. The van der Waals surface area contributed by atoms with Gasteiger partial charge in [-0.05, 0) is 19.1 Å². The first-order chi connectivity index (χ1) is 13.2. The molecule has 0 bridgehead atoms. The van der Waals surface area contributed by atoms with Gasteiger partial charge in [0.05, 0.1) is 0 Å². The van der Waals surface area contributed by atoms with Crippen LogP contribution in [0.1, 0.15) is 16.7 Å². The second kappa shape index (κ2) is 6.17. The number of aromatic nitrogens is 4. The molecule has 2 aromatic heterocycles. The summed E-state index contributed by atoms with van der Waals surface area (Å²) < 4.78 is 13.0. The normalized spacial score (nSPS) is 15.8. The van der Waals surface area contributed by atoms with Crippen LogP contribution < -0.4 is 15.0 Å². The molecule has 0 saturated heterocycles. The average molecular weight is 378 g/mol. The van der Waals surface area contributed by atoms with E-state index in [1.807, 2.05) is 55.5 Å². The lowest BCUT2D eigenvalue weighted by atomic mass is 10.1. The van der Waals surface area contributed by atoms with Crippen LogP contribution in [0, 0.1) is 6.92 Å². The molecule has 0 spiro atoms. The van der Waals surface area contributed by atoms with E-state index in [0.29, 0.717) is 33.6 Å². The van der Waals surface area contributed by atoms with Gasteiger partial charge in [0.1, 0.15) is 6.61 Å². The molecule has 7 nitrogen and oxygen atoms in total. The Morgan fingerprint density at radius 1 is 1.07 bits per heavy atom. The summed E-state index contributed by atoms with van der Waals surface area (Å²) in [5, 5.41) is 13.3. The largest absolute Gasteiger partial charge is 0.485 e. The SMILES string of the molecule is Cc1ccc(-c2nnc3sc([C@H]4COc5ccccc5O4)nn3c2=O)cc1. The smallest absolute Gasteiger partial charge is 0.302 e. The maximum atomic E-state index is 12.8. The van der Waals surface area contributed by atoms with Gasteiger partial charge in [0, 0.05) is 5.56 Å². The van der Waals surface area contributed by atoms with E-state index >= 15 is 0 Å². The number of hydrogen-bond donors (Lipinski definition) is 0. The van der Waals surface area contributed by atoms with Gasteiger partial charge >= 0.3 is 5.56 Å². The Balaban J connectivity index is 1.54. The Morgan fingerprint density at radius 3 is 2.67 bits per heavy atom. The van der Waals surface area contributed by atoms with Crippen molar-refractivity contribution in [2.45, 2.75) is 13.0 Å². The molecular weight excluding hydrogens is 364 g/mol.